The molecule has 4 heteroatoms. The van der Waals surface area contributed by atoms with Crippen LogP contribution in [0, 0.1) is 22.7 Å². The molecule has 6 aromatic carbocycles. The Hall–Kier alpha value is -7.01. The summed E-state index contributed by atoms with van der Waals surface area (Å²) in [7, 11) is 0. The lowest BCUT2D eigenvalue weighted by Crippen LogP contribution is -1.97. The smallest absolute Gasteiger partial charge is 0.0992 e. The van der Waals surface area contributed by atoms with Gasteiger partial charge in [-0.1, -0.05) is 140 Å². The molecule has 0 saturated heterocycles. The fourth-order valence-electron chi connectivity index (χ4n) is 6.58. The van der Waals surface area contributed by atoms with Crippen molar-refractivity contribution in [2.24, 2.45) is 5.73 Å². The lowest BCUT2D eigenvalue weighted by Gasteiger charge is -2.24. The van der Waals surface area contributed by atoms with Gasteiger partial charge in [0.1, 0.15) is 0 Å². The van der Waals surface area contributed by atoms with Crippen molar-refractivity contribution in [1.82, 2.24) is 4.98 Å². The summed E-state index contributed by atoms with van der Waals surface area (Å²) in [5.41, 5.74) is 18.5. The molecule has 0 spiro atoms. The number of pyridine rings is 1. The third-order valence-corrected chi connectivity index (χ3v) is 8.90. The van der Waals surface area contributed by atoms with E-state index in [0.29, 0.717) is 17.6 Å². The number of nitriles is 2. The second-order valence-electron chi connectivity index (χ2n) is 11.9. The molecule has 0 aliphatic heterocycles. The van der Waals surface area contributed by atoms with Crippen LogP contribution in [-0.2, 0) is 6.42 Å². The van der Waals surface area contributed by atoms with Crippen LogP contribution in [0.15, 0.2) is 176 Å². The molecule has 0 bridgehead atoms. The highest BCUT2D eigenvalue weighted by Crippen LogP contribution is 2.50. The fraction of sp³-hybridized carbons (Fsp3) is 0.0217. The van der Waals surface area contributed by atoms with Crippen LogP contribution in [0.25, 0.3) is 66.5 Å². The minimum Gasteiger partial charge on any atom is -0.405 e. The van der Waals surface area contributed by atoms with Crippen LogP contribution in [0.5, 0.6) is 0 Å². The summed E-state index contributed by atoms with van der Waals surface area (Å²) in [6, 6.07) is 55.0. The van der Waals surface area contributed by atoms with E-state index < -0.39 is 0 Å². The van der Waals surface area contributed by atoms with Gasteiger partial charge in [0.05, 0.1) is 23.4 Å². The van der Waals surface area contributed by atoms with Crippen LogP contribution < -0.4 is 5.73 Å². The number of fused-ring (bicyclic) bond motifs is 1. The maximum absolute atomic E-state index is 9.45. The molecule has 7 rings (SSSR count). The minimum absolute atomic E-state index is 0.539. The molecule has 2 N–H and O–H groups in total. The second kappa shape index (κ2) is 14.4. The summed E-state index contributed by atoms with van der Waals surface area (Å²) < 4.78 is 0. The van der Waals surface area contributed by atoms with E-state index in [-0.39, 0.29) is 0 Å². The number of nitrogens with zero attached hydrogens (tertiary/aromatic N) is 3. The summed E-state index contributed by atoms with van der Waals surface area (Å²) >= 11 is 0. The largest absolute Gasteiger partial charge is 0.405 e. The van der Waals surface area contributed by atoms with Crippen LogP contribution >= 0.6 is 0 Å². The Labute approximate surface area is 292 Å². The average Bonchev–Trinajstić information content (AvgIpc) is 3.19. The van der Waals surface area contributed by atoms with E-state index in [2.05, 4.69) is 151 Å². The highest BCUT2D eigenvalue weighted by molar-refractivity contribution is 6.18. The lowest BCUT2D eigenvalue weighted by molar-refractivity contribution is 1.25. The monoisotopic (exact) mass is 640 g/mol. The molecule has 0 unspecified atom stereocenters. The van der Waals surface area contributed by atoms with E-state index in [0.717, 1.165) is 72.1 Å². The summed E-state index contributed by atoms with van der Waals surface area (Å²) in [5, 5.41) is 21.2. The standard InChI is InChI=1S/C46H32N4/c47-27-25-33(30-48)16-15-32-17-19-38(20-18-32)43-40-13-7-8-14-41(40)44(39-23-21-35(22-24-39)42-29-34(31-49)26-28-50-42)46(37-11-5-2-6-12-37)45(43)36-9-3-1-4-10-36/h1-14,16-29H,15,47H2/b27-25-,33-16+. The molecule has 0 aliphatic rings. The van der Waals surface area contributed by atoms with E-state index in [1.54, 1.807) is 18.3 Å². The van der Waals surface area contributed by atoms with E-state index in [4.69, 9.17) is 5.73 Å². The quantitative estimate of drug-likeness (QED) is 0.132. The van der Waals surface area contributed by atoms with Gasteiger partial charge in [-0.3, -0.25) is 4.98 Å². The highest BCUT2D eigenvalue weighted by Gasteiger charge is 2.23. The van der Waals surface area contributed by atoms with Crippen molar-refractivity contribution in [3.8, 4) is 67.9 Å². The summed E-state index contributed by atoms with van der Waals surface area (Å²) in [6.45, 7) is 0. The maximum Gasteiger partial charge on any atom is 0.0992 e. The number of nitrogens with two attached hydrogens (primary N) is 1. The number of aromatic nitrogens is 1. The summed E-state index contributed by atoms with van der Waals surface area (Å²) in [5.74, 6) is 0. The van der Waals surface area contributed by atoms with E-state index >= 15 is 0 Å². The number of allylic oxidation sites excluding steroid dienone is 3. The van der Waals surface area contributed by atoms with Crippen LogP contribution in [0.2, 0.25) is 0 Å². The van der Waals surface area contributed by atoms with Gasteiger partial charge in [-0.15, -0.1) is 0 Å². The van der Waals surface area contributed by atoms with Gasteiger partial charge in [0.25, 0.3) is 0 Å². The van der Waals surface area contributed by atoms with Crippen molar-refractivity contribution in [2.75, 3.05) is 0 Å². The Balaban J connectivity index is 1.49. The molecule has 1 aromatic heterocycles. The molecular weight excluding hydrogens is 609 g/mol. The first-order valence-electron chi connectivity index (χ1n) is 16.4. The second-order valence-corrected chi connectivity index (χ2v) is 11.9. The Morgan fingerprint density at radius 3 is 1.60 bits per heavy atom. The van der Waals surface area contributed by atoms with Crippen molar-refractivity contribution in [3.63, 3.8) is 0 Å². The Bertz CT molecular complexity index is 2450. The van der Waals surface area contributed by atoms with Crippen LogP contribution in [-0.4, -0.2) is 4.98 Å². The normalized spacial score (nSPS) is 11.4. The molecule has 0 amide bonds. The van der Waals surface area contributed by atoms with E-state index in [1.807, 2.05) is 12.1 Å². The first kappa shape index (κ1) is 31.6. The molecule has 50 heavy (non-hydrogen) atoms. The van der Waals surface area contributed by atoms with Crippen molar-refractivity contribution in [1.29, 1.82) is 10.5 Å². The van der Waals surface area contributed by atoms with Gasteiger partial charge in [0.2, 0.25) is 0 Å². The molecule has 4 nitrogen and oxygen atoms in total. The summed E-state index contributed by atoms with van der Waals surface area (Å²) in [6.07, 6.45) is 7.21. The van der Waals surface area contributed by atoms with Crippen molar-refractivity contribution in [3.05, 3.63) is 187 Å². The van der Waals surface area contributed by atoms with Crippen LogP contribution in [0.1, 0.15) is 11.1 Å². The Morgan fingerprint density at radius 2 is 1.08 bits per heavy atom. The Morgan fingerprint density at radius 1 is 0.580 bits per heavy atom. The predicted octanol–water partition coefficient (Wildman–Crippen LogP) is 10.9. The molecule has 0 fully saturated rings. The first-order valence-corrected chi connectivity index (χ1v) is 16.4. The van der Waals surface area contributed by atoms with Gasteiger partial charge in [0.15, 0.2) is 0 Å². The molecule has 7 aromatic rings. The number of hydrogen-bond acceptors (Lipinski definition) is 4. The maximum atomic E-state index is 9.45. The zero-order valence-electron chi connectivity index (χ0n) is 27.3. The van der Waals surface area contributed by atoms with Gasteiger partial charge < -0.3 is 5.73 Å². The van der Waals surface area contributed by atoms with Gasteiger partial charge in [-0.25, -0.2) is 0 Å². The number of rotatable bonds is 8. The minimum atomic E-state index is 0.539. The predicted molar refractivity (Wildman–Crippen MR) is 204 cm³/mol. The zero-order chi connectivity index (χ0) is 34.3. The molecule has 0 saturated carbocycles. The molecule has 1 heterocycles. The van der Waals surface area contributed by atoms with Crippen molar-refractivity contribution >= 4 is 10.8 Å². The Kier molecular flexibility index (Phi) is 9.10. The molecule has 236 valence electrons. The molecular formula is C46H32N4. The first-order chi connectivity index (χ1) is 24.7. The van der Waals surface area contributed by atoms with Gasteiger partial charge in [-0.05, 0) is 91.7 Å². The van der Waals surface area contributed by atoms with E-state index in [1.165, 1.54) is 6.20 Å². The third kappa shape index (κ3) is 6.30. The molecule has 0 atom stereocenters. The fourth-order valence-corrected chi connectivity index (χ4v) is 6.58. The van der Waals surface area contributed by atoms with Gasteiger partial charge in [-0.2, -0.15) is 10.5 Å². The lowest BCUT2D eigenvalue weighted by atomic mass is 9.79. The van der Waals surface area contributed by atoms with E-state index in [9.17, 15) is 10.5 Å². The van der Waals surface area contributed by atoms with Crippen LogP contribution in [0.4, 0.5) is 0 Å². The van der Waals surface area contributed by atoms with Gasteiger partial charge >= 0.3 is 0 Å². The highest BCUT2D eigenvalue weighted by atomic mass is 14.7. The zero-order valence-corrected chi connectivity index (χ0v) is 27.3. The van der Waals surface area contributed by atoms with Crippen molar-refractivity contribution in [2.45, 2.75) is 6.42 Å². The van der Waals surface area contributed by atoms with Crippen LogP contribution in [0.3, 0.4) is 0 Å². The SMILES string of the molecule is N#CC(/C=C\N)=C/Cc1ccc(-c2c(-c3ccccc3)c(-c3ccccc3)c(-c3ccc(-c4cc(C#N)ccn4)cc3)c3ccccc23)cc1. The average molecular weight is 641 g/mol. The number of hydrogen-bond donors (Lipinski definition) is 1. The topological polar surface area (TPSA) is 86.5 Å². The molecule has 0 aliphatic carbocycles. The van der Waals surface area contributed by atoms with Gasteiger partial charge in [0, 0.05) is 17.3 Å². The molecule has 0 radical (unpaired) electrons. The third-order valence-electron chi connectivity index (χ3n) is 8.90. The number of benzene rings is 6. The van der Waals surface area contributed by atoms with Crippen molar-refractivity contribution < 1.29 is 0 Å². The summed E-state index contributed by atoms with van der Waals surface area (Å²) in [4.78, 5) is 4.54.